The number of hydrogen-bond acceptors (Lipinski definition) is 3. The summed E-state index contributed by atoms with van der Waals surface area (Å²) in [5, 5.41) is 12.9. The highest BCUT2D eigenvalue weighted by Gasteiger charge is 2.29. The number of amides is 1. The number of nitrogens with one attached hydrogen (secondary N) is 1. The fraction of sp³-hybridized carbons (Fsp3) is 0.429. The average Bonchev–Trinajstić information content (AvgIpc) is 2.37. The van der Waals surface area contributed by atoms with E-state index >= 15 is 0 Å². The number of nitriles is 1. The molecule has 0 radical (unpaired) electrons. The smallest absolute Gasteiger partial charge is 0.231 e. The zero-order valence-corrected chi connectivity index (χ0v) is 13.9. The molecule has 0 aliphatic heterocycles. The topological polar surface area (TPSA) is 52.9 Å². The van der Waals surface area contributed by atoms with E-state index in [-0.39, 0.29) is 17.6 Å². The summed E-state index contributed by atoms with van der Waals surface area (Å²) >= 11 is 13.3. The van der Waals surface area contributed by atoms with Gasteiger partial charge in [0.05, 0.1) is 21.9 Å². The van der Waals surface area contributed by atoms with Gasteiger partial charge in [0.2, 0.25) is 5.91 Å². The Hall–Kier alpha value is -0.890. The van der Waals surface area contributed by atoms with Crippen molar-refractivity contribution in [3.05, 3.63) is 28.2 Å². The maximum atomic E-state index is 11.9. The highest BCUT2D eigenvalue weighted by Crippen LogP contribution is 2.33. The predicted octanol–water partition coefficient (Wildman–Crippen LogP) is 4.14. The highest BCUT2D eigenvalue weighted by molar-refractivity contribution is 8.00. The summed E-state index contributed by atoms with van der Waals surface area (Å²) < 4.78 is 0. The van der Waals surface area contributed by atoms with Crippen molar-refractivity contribution in [2.75, 3.05) is 5.75 Å². The van der Waals surface area contributed by atoms with E-state index in [0.29, 0.717) is 14.9 Å². The molecule has 1 aromatic rings. The van der Waals surface area contributed by atoms with Crippen molar-refractivity contribution in [2.45, 2.75) is 31.2 Å². The lowest BCUT2D eigenvalue weighted by molar-refractivity contribution is -0.120. The SMILES string of the molecule is CC(C)[C@@](C)(C#N)NC(=O)CSc1c(Cl)cccc1Cl. The highest BCUT2D eigenvalue weighted by atomic mass is 35.5. The minimum absolute atomic E-state index is 0.0188. The third-order valence-electron chi connectivity index (χ3n) is 3.05. The van der Waals surface area contributed by atoms with Crippen molar-refractivity contribution in [1.82, 2.24) is 5.32 Å². The molecule has 108 valence electrons. The van der Waals surface area contributed by atoms with Gasteiger partial charge in [0.1, 0.15) is 5.54 Å². The lowest BCUT2D eigenvalue weighted by Gasteiger charge is -2.27. The number of hydrogen-bond donors (Lipinski definition) is 1. The minimum atomic E-state index is -0.873. The zero-order valence-electron chi connectivity index (χ0n) is 11.5. The number of rotatable bonds is 5. The standard InChI is InChI=1S/C14H16Cl2N2OS/c1-9(2)14(3,8-17)18-12(19)7-20-13-10(15)5-4-6-11(13)16/h4-6,9H,7H2,1-3H3,(H,18,19)/t14-/m1/s1. The van der Waals surface area contributed by atoms with Gasteiger partial charge in [-0.05, 0) is 25.0 Å². The number of thioether (sulfide) groups is 1. The molecule has 0 aromatic heterocycles. The third-order valence-corrected chi connectivity index (χ3v) is 5.04. The van der Waals surface area contributed by atoms with Crippen LogP contribution < -0.4 is 5.32 Å². The Morgan fingerprint density at radius 2 is 2.00 bits per heavy atom. The second kappa shape index (κ2) is 7.21. The van der Waals surface area contributed by atoms with Gasteiger partial charge < -0.3 is 5.32 Å². The van der Waals surface area contributed by atoms with E-state index in [1.807, 2.05) is 13.8 Å². The summed E-state index contributed by atoms with van der Waals surface area (Å²) in [7, 11) is 0. The van der Waals surface area contributed by atoms with Crippen LogP contribution in [0.4, 0.5) is 0 Å². The van der Waals surface area contributed by atoms with E-state index in [1.54, 1.807) is 25.1 Å². The molecule has 1 aromatic carbocycles. The van der Waals surface area contributed by atoms with Crippen LogP contribution in [0.3, 0.4) is 0 Å². The molecule has 1 amide bonds. The fourth-order valence-corrected chi connectivity index (χ4v) is 2.87. The van der Waals surface area contributed by atoms with Crippen LogP contribution in [0.1, 0.15) is 20.8 Å². The molecule has 0 saturated carbocycles. The Morgan fingerprint density at radius 1 is 1.45 bits per heavy atom. The van der Waals surface area contributed by atoms with Crippen LogP contribution in [0.5, 0.6) is 0 Å². The van der Waals surface area contributed by atoms with Crippen molar-refractivity contribution in [3.8, 4) is 6.07 Å². The monoisotopic (exact) mass is 330 g/mol. The molecule has 1 rings (SSSR count). The van der Waals surface area contributed by atoms with Gasteiger partial charge in [-0.2, -0.15) is 5.26 Å². The number of halogens is 2. The summed E-state index contributed by atoms with van der Waals surface area (Å²) in [6, 6.07) is 7.33. The summed E-state index contributed by atoms with van der Waals surface area (Å²) in [6.45, 7) is 5.49. The second-order valence-corrected chi connectivity index (χ2v) is 6.66. The van der Waals surface area contributed by atoms with Gasteiger partial charge in [-0.1, -0.05) is 43.1 Å². The van der Waals surface area contributed by atoms with Crippen molar-refractivity contribution in [2.24, 2.45) is 5.92 Å². The lowest BCUT2D eigenvalue weighted by Crippen LogP contribution is -2.49. The molecule has 20 heavy (non-hydrogen) atoms. The molecule has 0 unspecified atom stereocenters. The normalized spacial score (nSPS) is 13.7. The van der Waals surface area contributed by atoms with E-state index in [2.05, 4.69) is 11.4 Å². The van der Waals surface area contributed by atoms with Crippen molar-refractivity contribution in [3.63, 3.8) is 0 Å². The molecule has 0 bridgehead atoms. The Kier molecular flexibility index (Phi) is 6.19. The van der Waals surface area contributed by atoms with E-state index < -0.39 is 5.54 Å². The van der Waals surface area contributed by atoms with Gasteiger partial charge in [0.25, 0.3) is 0 Å². The molecule has 0 aliphatic carbocycles. The maximum Gasteiger partial charge on any atom is 0.231 e. The predicted molar refractivity (Wildman–Crippen MR) is 84.2 cm³/mol. The van der Waals surface area contributed by atoms with Crippen LogP contribution in [0, 0.1) is 17.2 Å². The molecular formula is C14H16Cl2N2OS. The second-order valence-electron chi connectivity index (χ2n) is 4.86. The zero-order chi connectivity index (χ0) is 15.3. The molecule has 0 spiro atoms. The van der Waals surface area contributed by atoms with Crippen LogP contribution in [-0.2, 0) is 4.79 Å². The minimum Gasteiger partial charge on any atom is -0.337 e. The van der Waals surface area contributed by atoms with Gasteiger partial charge in [-0.25, -0.2) is 0 Å². The van der Waals surface area contributed by atoms with Crippen molar-refractivity contribution in [1.29, 1.82) is 5.26 Å². The van der Waals surface area contributed by atoms with Gasteiger partial charge >= 0.3 is 0 Å². The van der Waals surface area contributed by atoms with Crippen LogP contribution in [-0.4, -0.2) is 17.2 Å². The van der Waals surface area contributed by atoms with Crippen molar-refractivity contribution < 1.29 is 4.79 Å². The first-order chi connectivity index (χ1) is 9.30. The Morgan fingerprint density at radius 3 is 2.45 bits per heavy atom. The van der Waals surface area contributed by atoms with E-state index in [0.717, 1.165) is 0 Å². The maximum absolute atomic E-state index is 11.9. The van der Waals surface area contributed by atoms with Crippen LogP contribution in [0.2, 0.25) is 10.0 Å². The van der Waals surface area contributed by atoms with Crippen molar-refractivity contribution >= 4 is 40.9 Å². The number of carbonyl (C=O) groups is 1. The molecule has 0 aliphatic rings. The van der Waals surface area contributed by atoms with Crippen LogP contribution in [0.15, 0.2) is 23.1 Å². The molecule has 1 atom stereocenters. The fourth-order valence-electron chi connectivity index (χ4n) is 1.39. The Labute approximate surface area is 133 Å². The first-order valence-corrected chi connectivity index (χ1v) is 7.83. The molecule has 1 N–H and O–H groups in total. The summed E-state index contributed by atoms with van der Waals surface area (Å²) in [6.07, 6.45) is 0. The van der Waals surface area contributed by atoms with E-state index in [4.69, 9.17) is 28.5 Å². The summed E-state index contributed by atoms with van der Waals surface area (Å²) in [5.74, 6) is -0.0398. The number of carbonyl (C=O) groups excluding carboxylic acids is 1. The Bertz CT molecular complexity index is 522. The molecule has 6 heteroatoms. The van der Waals surface area contributed by atoms with Gasteiger partial charge in [0, 0.05) is 4.90 Å². The van der Waals surface area contributed by atoms with Crippen LogP contribution >= 0.6 is 35.0 Å². The first-order valence-electron chi connectivity index (χ1n) is 6.09. The molecule has 0 heterocycles. The van der Waals surface area contributed by atoms with E-state index in [9.17, 15) is 4.79 Å². The van der Waals surface area contributed by atoms with Crippen LogP contribution in [0.25, 0.3) is 0 Å². The molecule has 0 saturated heterocycles. The Balaban J connectivity index is 2.67. The molecule has 0 fully saturated rings. The average molecular weight is 331 g/mol. The van der Waals surface area contributed by atoms with E-state index in [1.165, 1.54) is 11.8 Å². The summed E-state index contributed by atoms with van der Waals surface area (Å²) in [4.78, 5) is 12.6. The first kappa shape index (κ1) is 17.2. The molecular weight excluding hydrogens is 315 g/mol. The molecule has 3 nitrogen and oxygen atoms in total. The van der Waals surface area contributed by atoms with Gasteiger partial charge in [-0.3, -0.25) is 4.79 Å². The largest absolute Gasteiger partial charge is 0.337 e. The summed E-state index contributed by atoms with van der Waals surface area (Å²) in [5.41, 5.74) is -0.873. The van der Waals surface area contributed by atoms with Gasteiger partial charge in [0.15, 0.2) is 0 Å². The van der Waals surface area contributed by atoms with Gasteiger partial charge in [-0.15, -0.1) is 11.8 Å². The third kappa shape index (κ3) is 4.31. The quantitative estimate of drug-likeness (QED) is 0.825. The number of nitrogens with zero attached hydrogens (tertiary/aromatic N) is 1. The lowest BCUT2D eigenvalue weighted by atomic mass is 9.90. The number of benzene rings is 1.